The fourth-order valence-electron chi connectivity index (χ4n) is 4.72. The lowest BCUT2D eigenvalue weighted by Gasteiger charge is -2.29. The number of carbonyl (C=O) groups excluding carboxylic acids is 1. The quantitative estimate of drug-likeness (QED) is 0.170. The predicted molar refractivity (Wildman–Crippen MR) is 151 cm³/mol. The molecule has 0 spiro atoms. The Morgan fingerprint density at radius 2 is 1.03 bits per heavy atom. The Morgan fingerprint density at radius 1 is 0.667 bits per heavy atom. The minimum Gasteiger partial charge on any atom is -0.478 e. The van der Waals surface area contributed by atoms with Crippen LogP contribution in [0.25, 0.3) is 0 Å². The zero-order chi connectivity index (χ0) is 27.2. The molecule has 0 radical (unpaired) electrons. The van der Waals surface area contributed by atoms with Gasteiger partial charge in [0.05, 0.1) is 17.7 Å². The summed E-state index contributed by atoms with van der Waals surface area (Å²) in [6.45, 7) is 14.5. The number of ether oxygens (including phenoxy) is 1. The maximum absolute atomic E-state index is 12.8. The van der Waals surface area contributed by atoms with E-state index in [1.54, 1.807) is 12.1 Å². The largest absolute Gasteiger partial charge is 0.478 e. The molecule has 0 aliphatic heterocycles. The number of carboxylic acid groups (broad SMARTS) is 1. The van der Waals surface area contributed by atoms with E-state index in [1.807, 2.05) is 41.5 Å². The predicted octanol–water partition coefficient (Wildman–Crippen LogP) is 9.62. The summed E-state index contributed by atoms with van der Waals surface area (Å²) in [5.74, 6) is -1.31. The fourth-order valence-corrected chi connectivity index (χ4v) is 4.72. The van der Waals surface area contributed by atoms with E-state index in [1.165, 1.54) is 77.0 Å². The number of carbonyl (C=O) groups is 2. The van der Waals surface area contributed by atoms with Gasteiger partial charge in [-0.3, -0.25) is 0 Å². The van der Waals surface area contributed by atoms with Crippen molar-refractivity contribution in [2.24, 2.45) is 0 Å². The van der Waals surface area contributed by atoms with Gasteiger partial charge in [0.2, 0.25) is 0 Å². The summed E-state index contributed by atoms with van der Waals surface area (Å²) >= 11 is 0. The molecule has 0 heterocycles. The molecule has 1 aromatic carbocycles. The maximum Gasteiger partial charge on any atom is 0.338 e. The normalized spacial score (nSPS) is 12.1. The summed E-state index contributed by atoms with van der Waals surface area (Å²) < 4.78 is 5.58. The lowest BCUT2D eigenvalue weighted by Crippen LogP contribution is -2.25. The number of esters is 1. The van der Waals surface area contributed by atoms with E-state index in [0.29, 0.717) is 28.9 Å². The third-order valence-electron chi connectivity index (χ3n) is 6.93. The number of hydrogen-bond acceptors (Lipinski definition) is 3. The van der Waals surface area contributed by atoms with Crippen molar-refractivity contribution in [1.82, 2.24) is 0 Å². The molecular formula is C32H54O4. The standard InChI is InChI=1S/C32H54O4/c1-8-9-10-11-12-13-14-15-16-17-18-19-20-21-22-36-30(35)25-23-26(31(2,3)4)28(29(33)34)27(24-25)32(5,6)7/h23-24H,8-22H2,1-7H3,(H,33,34). The molecule has 36 heavy (non-hydrogen) atoms. The molecule has 0 aromatic heterocycles. The molecule has 0 saturated carbocycles. The van der Waals surface area contributed by atoms with Crippen LogP contribution in [0.1, 0.15) is 170 Å². The van der Waals surface area contributed by atoms with E-state index in [0.717, 1.165) is 12.8 Å². The van der Waals surface area contributed by atoms with E-state index in [-0.39, 0.29) is 5.97 Å². The highest BCUT2D eigenvalue weighted by atomic mass is 16.5. The molecule has 0 amide bonds. The van der Waals surface area contributed by atoms with Crippen LogP contribution >= 0.6 is 0 Å². The second-order valence-corrected chi connectivity index (χ2v) is 12.5. The SMILES string of the molecule is CCCCCCCCCCCCCCCCOC(=O)c1cc(C(C)(C)C)c(C(=O)O)c(C(C)(C)C)c1. The summed E-state index contributed by atoms with van der Waals surface area (Å²) in [7, 11) is 0. The first-order valence-corrected chi connectivity index (χ1v) is 14.5. The summed E-state index contributed by atoms with van der Waals surface area (Å²) in [6, 6.07) is 3.43. The van der Waals surface area contributed by atoms with Crippen LogP contribution in [0, 0.1) is 0 Å². The van der Waals surface area contributed by atoms with Gasteiger partial charge in [0.15, 0.2) is 0 Å². The number of rotatable bonds is 17. The van der Waals surface area contributed by atoms with Crippen LogP contribution in [0.3, 0.4) is 0 Å². The maximum atomic E-state index is 12.8. The summed E-state index contributed by atoms with van der Waals surface area (Å²) in [5, 5.41) is 9.94. The first-order chi connectivity index (χ1) is 16.9. The van der Waals surface area contributed by atoms with Crippen LogP contribution in [0.5, 0.6) is 0 Å². The molecule has 0 aliphatic rings. The van der Waals surface area contributed by atoms with Gasteiger partial charge in [-0.05, 0) is 40.5 Å². The topological polar surface area (TPSA) is 63.6 Å². The second kappa shape index (κ2) is 16.1. The molecule has 4 nitrogen and oxygen atoms in total. The molecule has 0 saturated heterocycles. The van der Waals surface area contributed by atoms with Crippen LogP contribution in [0.15, 0.2) is 12.1 Å². The average Bonchev–Trinajstić information content (AvgIpc) is 2.79. The van der Waals surface area contributed by atoms with Crippen LogP contribution in [0.2, 0.25) is 0 Å². The molecule has 1 rings (SSSR count). The Bertz CT molecular complexity index is 760. The highest BCUT2D eigenvalue weighted by Crippen LogP contribution is 2.35. The fraction of sp³-hybridized carbons (Fsp3) is 0.750. The summed E-state index contributed by atoms with van der Waals surface area (Å²) in [6.07, 6.45) is 18.1. The van der Waals surface area contributed by atoms with E-state index in [4.69, 9.17) is 4.74 Å². The Labute approximate surface area is 221 Å². The van der Waals surface area contributed by atoms with Crippen molar-refractivity contribution in [1.29, 1.82) is 0 Å². The Hall–Kier alpha value is -1.84. The molecule has 206 valence electrons. The van der Waals surface area contributed by atoms with Gasteiger partial charge in [-0.25, -0.2) is 9.59 Å². The van der Waals surface area contributed by atoms with Crippen LogP contribution in [0.4, 0.5) is 0 Å². The zero-order valence-corrected chi connectivity index (χ0v) is 24.4. The van der Waals surface area contributed by atoms with Crippen molar-refractivity contribution in [3.05, 3.63) is 34.4 Å². The highest BCUT2D eigenvalue weighted by Gasteiger charge is 2.31. The van der Waals surface area contributed by atoms with E-state index < -0.39 is 16.8 Å². The number of carboxylic acids is 1. The van der Waals surface area contributed by atoms with E-state index in [9.17, 15) is 14.7 Å². The van der Waals surface area contributed by atoms with Crippen molar-refractivity contribution >= 4 is 11.9 Å². The van der Waals surface area contributed by atoms with Crippen molar-refractivity contribution in [2.75, 3.05) is 6.61 Å². The summed E-state index contributed by atoms with van der Waals surface area (Å²) in [4.78, 5) is 25.0. The Balaban J connectivity index is 2.43. The number of unbranched alkanes of at least 4 members (excludes halogenated alkanes) is 13. The Morgan fingerprint density at radius 3 is 1.36 bits per heavy atom. The third-order valence-corrected chi connectivity index (χ3v) is 6.93. The molecule has 1 aromatic rings. The van der Waals surface area contributed by atoms with Gasteiger partial charge in [0.1, 0.15) is 0 Å². The lowest BCUT2D eigenvalue weighted by atomic mass is 9.75. The van der Waals surface area contributed by atoms with Crippen molar-refractivity contribution in [3.8, 4) is 0 Å². The first-order valence-electron chi connectivity index (χ1n) is 14.5. The number of hydrogen-bond donors (Lipinski definition) is 1. The molecule has 0 atom stereocenters. The van der Waals surface area contributed by atoms with Gasteiger partial charge in [-0.1, -0.05) is 132 Å². The number of aromatic carboxylic acids is 1. The zero-order valence-electron chi connectivity index (χ0n) is 24.4. The molecule has 0 fully saturated rings. The van der Waals surface area contributed by atoms with E-state index in [2.05, 4.69) is 6.92 Å². The molecule has 1 N–H and O–H groups in total. The highest BCUT2D eigenvalue weighted by molar-refractivity contribution is 5.96. The smallest absolute Gasteiger partial charge is 0.338 e. The van der Waals surface area contributed by atoms with Crippen LogP contribution in [-0.4, -0.2) is 23.7 Å². The average molecular weight is 503 g/mol. The lowest BCUT2D eigenvalue weighted by molar-refractivity contribution is 0.0496. The second-order valence-electron chi connectivity index (χ2n) is 12.5. The number of benzene rings is 1. The monoisotopic (exact) mass is 502 g/mol. The van der Waals surface area contributed by atoms with Crippen LogP contribution < -0.4 is 0 Å². The van der Waals surface area contributed by atoms with E-state index >= 15 is 0 Å². The van der Waals surface area contributed by atoms with Gasteiger partial charge in [0.25, 0.3) is 0 Å². The molecule has 0 bridgehead atoms. The third kappa shape index (κ3) is 11.9. The van der Waals surface area contributed by atoms with Crippen molar-refractivity contribution < 1.29 is 19.4 Å². The molecule has 0 aliphatic carbocycles. The van der Waals surface area contributed by atoms with Gasteiger partial charge in [-0.15, -0.1) is 0 Å². The first kappa shape index (κ1) is 32.2. The van der Waals surface area contributed by atoms with Crippen molar-refractivity contribution in [3.63, 3.8) is 0 Å². The molecule has 0 unspecified atom stereocenters. The van der Waals surface area contributed by atoms with Gasteiger partial charge in [-0.2, -0.15) is 0 Å². The Kier molecular flexibility index (Phi) is 14.4. The molecule has 4 heteroatoms. The van der Waals surface area contributed by atoms with Crippen LogP contribution in [-0.2, 0) is 15.6 Å². The minimum atomic E-state index is -0.952. The minimum absolute atomic E-state index is 0.304. The van der Waals surface area contributed by atoms with Gasteiger partial charge < -0.3 is 9.84 Å². The van der Waals surface area contributed by atoms with Gasteiger partial charge in [0, 0.05) is 0 Å². The van der Waals surface area contributed by atoms with Crippen molar-refractivity contribution in [2.45, 2.75) is 149 Å². The summed E-state index contributed by atoms with van der Waals surface area (Å²) in [5.41, 5.74) is 1.28. The molecular weight excluding hydrogens is 448 g/mol. The van der Waals surface area contributed by atoms with Gasteiger partial charge >= 0.3 is 11.9 Å².